The fraction of sp³-hybridized carbons (Fsp3) is 0.346. The molecule has 0 saturated heterocycles. The van der Waals surface area contributed by atoms with Gasteiger partial charge in [0.2, 0.25) is 5.91 Å². The van der Waals surface area contributed by atoms with Gasteiger partial charge in [-0.3, -0.25) is 4.79 Å². The first-order valence-electron chi connectivity index (χ1n) is 11.3. The van der Waals surface area contributed by atoms with Gasteiger partial charge in [0, 0.05) is 30.6 Å². The summed E-state index contributed by atoms with van der Waals surface area (Å²) in [7, 11) is 0. The number of carbonyl (C=O) groups is 2. The Balaban J connectivity index is 1.57. The van der Waals surface area contributed by atoms with Crippen LogP contribution >= 0.6 is 0 Å². The van der Waals surface area contributed by atoms with Crippen LogP contribution in [0.3, 0.4) is 0 Å². The number of aliphatic carboxylic acids is 1. The zero-order chi connectivity index (χ0) is 22.4. The Kier molecular flexibility index (Phi) is 5.08. The molecule has 1 saturated carbocycles. The normalized spacial score (nSPS) is 19.6. The molecule has 2 aliphatic rings. The van der Waals surface area contributed by atoms with Gasteiger partial charge in [0.15, 0.2) is 17.6 Å². The minimum atomic E-state index is -0.863. The minimum absolute atomic E-state index is 0.0886. The third kappa shape index (κ3) is 3.22. The SMILES string of the molecule is CCn1c(/C=C/c2ccc3c(c2)C2CCCC2N3C(C)=O)[n+](CC(=O)O)c2ccccc21. The molecule has 6 nitrogen and oxygen atoms in total. The van der Waals surface area contributed by atoms with Crippen LogP contribution in [0.2, 0.25) is 0 Å². The first-order valence-corrected chi connectivity index (χ1v) is 11.3. The summed E-state index contributed by atoms with van der Waals surface area (Å²) in [6, 6.07) is 14.5. The molecular formula is C26H28N3O3+. The predicted molar refractivity (Wildman–Crippen MR) is 124 cm³/mol. The molecule has 3 aromatic rings. The van der Waals surface area contributed by atoms with Crippen molar-refractivity contribution in [2.24, 2.45) is 0 Å². The number of carbonyl (C=O) groups excluding carboxylic acids is 1. The van der Waals surface area contributed by atoms with Crippen LogP contribution in [0.25, 0.3) is 23.2 Å². The number of aromatic nitrogens is 2. The van der Waals surface area contributed by atoms with Crippen molar-refractivity contribution in [3.05, 3.63) is 59.4 Å². The van der Waals surface area contributed by atoms with Crippen LogP contribution in [0.15, 0.2) is 42.5 Å². The van der Waals surface area contributed by atoms with Crippen LogP contribution < -0.4 is 9.47 Å². The van der Waals surface area contributed by atoms with Gasteiger partial charge in [0.05, 0.1) is 6.54 Å². The third-order valence-corrected chi connectivity index (χ3v) is 6.91. The van der Waals surface area contributed by atoms with E-state index in [-0.39, 0.29) is 12.5 Å². The molecule has 5 rings (SSSR count). The van der Waals surface area contributed by atoms with E-state index in [9.17, 15) is 14.7 Å². The van der Waals surface area contributed by atoms with E-state index in [0.717, 1.165) is 53.9 Å². The van der Waals surface area contributed by atoms with Crippen molar-refractivity contribution >= 4 is 40.7 Å². The number of benzene rings is 2. The van der Waals surface area contributed by atoms with Gasteiger partial charge in [0.25, 0.3) is 5.82 Å². The highest BCUT2D eigenvalue weighted by Gasteiger charge is 2.43. The third-order valence-electron chi connectivity index (χ3n) is 6.91. The molecule has 1 aliphatic carbocycles. The van der Waals surface area contributed by atoms with E-state index in [0.29, 0.717) is 12.0 Å². The number of fused-ring (bicyclic) bond motifs is 4. The van der Waals surface area contributed by atoms with Gasteiger partial charge in [-0.05, 0) is 61.2 Å². The van der Waals surface area contributed by atoms with Crippen molar-refractivity contribution in [3.63, 3.8) is 0 Å². The zero-order valence-corrected chi connectivity index (χ0v) is 18.5. The van der Waals surface area contributed by atoms with E-state index in [2.05, 4.69) is 29.7 Å². The van der Waals surface area contributed by atoms with Gasteiger partial charge >= 0.3 is 5.97 Å². The highest BCUT2D eigenvalue weighted by Crippen LogP contribution is 2.49. The van der Waals surface area contributed by atoms with Crippen molar-refractivity contribution in [3.8, 4) is 0 Å². The highest BCUT2D eigenvalue weighted by atomic mass is 16.4. The Bertz CT molecular complexity index is 1260. The van der Waals surface area contributed by atoms with Crippen LogP contribution in [0.5, 0.6) is 0 Å². The van der Waals surface area contributed by atoms with Gasteiger partial charge in [0.1, 0.15) is 0 Å². The number of hydrogen-bond acceptors (Lipinski definition) is 2. The highest BCUT2D eigenvalue weighted by molar-refractivity contribution is 5.95. The molecule has 2 heterocycles. The summed E-state index contributed by atoms with van der Waals surface area (Å²) in [6.07, 6.45) is 7.41. The van der Waals surface area contributed by atoms with Crippen LogP contribution in [0.1, 0.15) is 56.0 Å². The maximum atomic E-state index is 12.3. The summed E-state index contributed by atoms with van der Waals surface area (Å²) in [5.41, 5.74) is 5.31. The van der Waals surface area contributed by atoms with Crippen molar-refractivity contribution < 1.29 is 19.3 Å². The smallest absolute Gasteiger partial charge is 0.346 e. The van der Waals surface area contributed by atoms with E-state index in [1.807, 2.05) is 45.9 Å². The first kappa shape index (κ1) is 20.5. The van der Waals surface area contributed by atoms with Crippen molar-refractivity contribution in [1.82, 2.24) is 4.57 Å². The van der Waals surface area contributed by atoms with Crippen LogP contribution in [-0.2, 0) is 22.7 Å². The molecule has 1 aliphatic heterocycles. The molecule has 32 heavy (non-hydrogen) atoms. The molecule has 6 heteroatoms. The minimum Gasteiger partial charge on any atom is -0.478 e. The first-order chi connectivity index (χ1) is 15.5. The second-order valence-electron chi connectivity index (χ2n) is 8.72. The maximum Gasteiger partial charge on any atom is 0.346 e. The number of hydrogen-bond donors (Lipinski definition) is 1. The van der Waals surface area contributed by atoms with Gasteiger partial charge in [-0.15, -0.1) is 0 Å². The lowest BCUT2D eigenvalue weighted by molar-refractivity contribution is -0.662. The lowest BCUT2D eigenvalue weighted by atomic mass is 9.96. The molecular weight excluding hydrogens is 402 g/mol. The lowest BCUT2D eigenvalue weighted by Crippen LogP contribution is -2.40. The van der Waals surface area contributed by atoms with Gasteiger partial charge in [-0.2, -0.15) is 0 Å². The summed E-state index contributed by atoms with van der Waals surface area (Å²) in [6.45, 7) is 4.38. The molecule has 0 bridgehead atoms. The fourth-order valence-electron chi connectivity index (χ4n) is 5.68. The van der Waals surface area contributed by atoms with E-state index < -0.39 is 5.97 Å². The molecule has 0 radical (unpaired) electrons. The summed E-state index contributed by atoms with van der Waals surface area (Å²) in [4.78, 5) is 25.8. The van der Waals surface area contributed by atoms with E-state index in [1.165, 1.54) is 5.56 Å². The molecule has 2 aromatic carbocycles. The number of imidazole rings is 1. The quantitative estimate of drug-likeness (QED) is 0.617. The summed E-state index contributed by atoms with van der Waals surface area (Å²) in [5.74, 6) is 0.533. The Morgan fingerprint density at radius 3 is 2.72 bits per heavy atom. The van der Waals surface area contributed by atoms with Crippen molar-refractivity contribution in [2.45, 2.75) is 58.2 Å². The summed E-state index contributed by atoms with van der Waals surface area (Å²) >= 11 is 0. The number of anilines is 1. The Morgan fingerprint density at radius 2 is 1.97 bits per heavy atom. The maximum absolute atomic E-state index is 12.3. The number of amides is 1. The fourth-order valence-corrected chi connectivity index (χ4v) is 5.68. The number of rotatable bonds is 5. The monoisotopic (exact) mass is 430 g/mol. The van der Waals surface area contributed by atoms with Gasteiger partial charge < -0.3 is 10.0 Å². The molecule has 1 aromatic heterocycles. The van der Waals surface area contributed by atoms with Crippen molar-refractivity contribution in [1.29, 1.82) is 0 Å². The topological polar surface area (TPSA) is 66.4 Å². The zero-order valence-electron chi connectivity index (χ0n) is 18.5. The standard InChI is InChI=1S/C26H27N3O3/c1-3-27-23-8-4-5-9-24(23)28(16-26(31)32)25(27)14-12-18-11-13-22-20(15-18)19-7-6-10-21(19)29(22)17(2)30/h4-5,8-9,11-15,19,21H,3,6-7,10,16H2,1-2H3/p+1. The van der Waals surface area contributed by atoms with Gasteiger partial charge in [-0.25, -0.2) is 13.9 Å². The largest absolute Gasteiger partial charge is 0.478 e. The number of nitrogens with zero attached hydrogens (tertiary/aromatic N) is 3. The second kappa shape index (κ2) is 7.93. The van der Waals surface area contributed by atoms with E-state index in [4.69, 9.17) is 0 Å². The Morgan fingerprint density at radius 1 is 1.16 bits per heavy atom. The Hall–Kier alpha value is -3.41. The molecule has 1 N–H and O–H groups in total. The predicted octanol–water partition coefficient (Wildman–Crippen LogP) is 4.21. The lowest BCUT2D eigenvalue weighted by Gasteiger charge is -2.23. The van der Waals surface area contributed by atoms with E-state index >= 15 is 0 Å². The molecule has 0 spiro atoms. The average molecular weight is 431 g/mol. The summed E-state index contributed by atoms with van der Waals surface area (Å²) in [5, 5.41) is 9.49. The number of para-hydroxylation sites is 2. The Labute approximate surface area is 187 Å². The number of aryl methyl sites for hydroxylation is 1. The summed E-state index contributed by atoms with van der Waals surface area (Å²) < 4.78 is 4.00. The number of carboxylic acid groups (broad SMARTS) is 1. The molecule has 2 unspecified atom stereocenters. The van der Waals surface area contributed by atoms with Gasteiger partial charge in [-0.1, -0.05) is 24.6 Å². The second-order valence-corrected chi connectivity index (χ2v) is 8.72. The average Bonchev–Trinajstić information content (AvgIpc) is 3.43. The van der Waals surface area contributed by atoms with Crippen LogP contribution in [-0.4, -0.2) is 27.6 Å². The van der Waals surface area contributed by atoms with Crippen LogP contribution in [0, 0.1) is 0 Å². The molecule has 1 amide bonds. The number of carboxylic acids is 1. The van der Waals surface area contributed by atoms with Crippen molar-refractivity contribution in [2.75, 3.05) is 4.90 Å². The molecule has 1 fully saturated rings. The van der Waals surface area contributed by atoms with E-state index in [1.54, 1.807) is 6.92 Å². The molecule has 164 valence electrons. The molecule has 2 atom stereocenters. The van der Waals surface area contributed by atoms with Crippen LogP contribution in [0.4, 0.5) is 5.69 Å².